The molecule has 190 valence electrons. The molecule has 1 saturated heterocycles. The van der Waals surface area contributed by atoms with E-state index in [1.165, 1.54) is 25.1 Å². The van der Waals surface area contributed by atoms with Gasteiger partial charge in [-0.3, -0.25) is 4.79 Å². The third-order valence-corrected chi connectivity index (χ3v) is 9.93. The molecule has 2 saturated carbocycles. The maximum atomic E-state index is 12.7. The summed E-state index contributed by atoms with van der Waals surface area (Å²) in [5.74, 6) is -5.05. The largest absolute Gasteiger partial charge is 0.508 e. The van der Waals surface area contributed by atoms with Crippen molar-refractivity contribution in [1.82, 2.24) is 0 Å². The Morgan fingerprint density at radius 1 is 0.973 bits per heavy atom. The molecule has 2 bridgehead atoms. The molecule has 3 aromatic carbocycles. The number of carbonyl (C=O) groups is 2. The Labute approximate surface area is 214 Å². The molecular formula is C29H25F2O5S+. The number of aromatic hydroxyl groups is 1. The van der Waals surface area contributed by atoms with Crippen LogP contribution in [0.2, 0.25) is 0 Å². The number of fused-ring (bicyclic) bond motifs is 4. The first-order chi connectivity index (χ1) is 17.7. The summed E-state index contributed by atoms with van der Waals surface area (Å²) in [5, 5.41) is 12.2. The van der Waals surface area contributed by atoms with Gasteiger partial charge in [-0.25, -0.2) is 4.79 Å². The van der Waals surface area contributed by atoms with Crippen LogP contribution >= 0.6 is 10.5 Å². The van der Waals surface area contributed by atoms with Gasteiger partial charge in [-0.15, -0.1) is 0 Å². The third-order valence-electron chi connectivity index (χ3n) is 7.59. The van der Waals surface area contributed by atoms with E-state index in [0.717, 1.165) is 6.42 Å². The minimum atomic E-state index is -3.50. The van der Waals surface area contributed by atoms with Gasteiger partial charge in [0.1, 0.15) is 18.0 Å². The van der Waals surface area contributed by atoms with E-state index in [0.29, 0.717) is 19.1 Å². The van der Waals surface area contributed by atoms with Crippen molar-refractivity contribution >= 4 is 42.6 Å². The lowest BCUT2D eigenvalue weighted by atomic mass is 9.88. The molecule has 7 rings (SSSR count). The van der Waals surface area contributed by atoms with Crippen LogP contribution in [0.3, 0.4) is 0 Å². The van der Waals surface area contributed by atoms with Crippen LogP contribution in [0.1, 0.15) is 19.8 Å². The van der Waals surface area contributed by atoms with Crippen molar-refractivity contribution in [2.24, 2.45) is 17.8 Å². The number of phenols is 1. The minimum Gasteiger partial charge on any atom is -0.508 e. The molecule has 5 unspecified atom stereocenters. The average molecular weight is 524 g/mol. The summed E-state index contributed by atoms with van der Waals surface area (Å²) in [6.07, 6.45) is 0.139. The van der Waals surface area contributed by atoms with Gasteiger partial charge in [0.2, 0.25) is 0 Å². The molecule has 1 aliphatic heterocycles. The van der Waals surface area contributed by atoms with Crippen LogP contribution < -0.4 is 0 Å². The van der Waals surface area contributed by atoms with Crippen LogP contribution in [0.15, 0.2) is 72.8 Å². The highest BCUT2D eigenvalue weighted by Gasteiger charge is 2.63. The molecule has 37 heavy (non-hydrogen) atoms. The van der Waals surface area contributed by atoms with Crippen LogP contribution in [-0.2, 0) is 19.1 Å². The fourth-order valence-corrected chi connectivity index (χ4v) is 8.36. The monoisotopic (exact) mass is 523 g/mol. The lowest BCUT2D eigenvalue weighted by Gasteiger charge is -2.26. The van der Waals surface area contributed by atoms with Gasteiger partial charge < -0.3 is 14.6 Å². The molecule has 1 aromatic heterocycles. The molecule has 2 heterocycles. The highest BCUT2D eigenvalue weighted by Crippen LogP contribution is 2.55. The summed E-state index contributed by atoms with van der Waals surface area (Å²) in [7, 11) is -0.0599. The lowest BCUT2D eigenvalue weighted by Crippen LogP contribution is -2.40. The molecule has 1 N–H and O–H groups in total. The van der Waals surface area contributed by atoms with Crippen LogP contribution in [-0.4, -0.2) is 35.2 Å². The van der Waals surface area contributed by atoms with E-state index in [-0.39, 0.29) is 34.2 Å². The normalized spacial score (nSPS) is 25.7. The van der Waals surface area contributed by atoms with E-state index in [9.17, 15) is 23.5 Å². The van der Waals surface area contributed by atoms with Gasteiger partial charge in [0.05, 0.1) is 5.92 Å². The summed E-state index contributed by atoms with van der Waals surface area (Å²) in [5.41, 5.74) is 0. The molecule has 0 amide bonds. The topological polar surface area (TPSA) is 72.8 Å². The summed E-state index contributed by atoms with van der Waals surface area (Å²) >= 11 is 0. The summed E-state index contributed by atoms with van der Waals surface area (Å²) in [6, 6.07) is 24.8. The first-order valence-electron chi connectivity index (χ1n) is 12.2. The van der Waals surface area contributed by atoms with Gasteiger partial charge >= 0.3 is 17.9 Å². The summed E-state index contributed by atoms with van der Waals surface area (Å²) in [4.78, 5) is 23.8. The highest BCUT2D eigenvalue weighted by molar-refractivity contribution is 7.50. The Balaban J connectivity index is 0.000000138. The number of halogens is 2. The smallest absolute Gasteiger partial charge is 0.377 e. The molecule has 8 heteroatoms. The quantitative estimate of drug-likeness (QED) is 0.243. The Hall–Kier alpha value is -3.52. The number of alkyl halides is 2. The zero-order chi connectivity index (χ0) is 25.9. The van der Waals surface area contributed by atoms with Crippen molar-refractivity contribution < 1.29 is 33.0 Å². The molecule has 4 aromatic rings. The number of benzene rings is 3. The van der Waals surface area contributed by atoms with Gasteiger partial charge in [0, 0.05) is 52.1 Å². The van der Waals surface area contributed by atoms with E-state index in [4.69, 9.17) is 9.47 Å². The second-order valence-electron chi connectivity index (χ2n) is 9.95. The number of thiophene rings is 1. The fraction of sp³-hybridized carbons (Fsp3) is 0.310. The zero-order valence-electron chi connectivity index (χ0n) is 20.0. The standard InChI is InChI=1S/C18H12OS.C11H12F2O4/c19-13-9-11-14(12-10-13)20-17-7-3-1-5-15(17)16-6-2-4-8-18(16)20;1-11(12,13)10(15)17-7-4-2-5-6(3-4)9(14)16-8(5)7/h1-12H;4-8H,2-3H2,1H3/p+1. The summed E-state index contributed by atoms with van der Waals surface area (Å²) < 4.78 is 38.2. The van der Waals surface area contributed by atoms with Crippen LogP contribution in [0.25, 0.3) is 25.1 Å². The van der Waals surface area contributed by atoms with Gasteiger partial charge in [-0.05, 0) is 49.2 Å². The van der Waals surface area contributed by atoms with E-state index < -0.39 is 24.1 Å². The molecule has 0 radical (unpaired) electrons. The van der Waals surface area contributed by atoms with Gasteiger partial charge in [-0.1, -0.05) is 24.3 Å². The van der Waals surface area contributed by atoms with E-state index in [1.54, 1.807) is 12.1 Å². The predicted molar refractivity (Wildman–Crippen MR) is 137 cm³/mol. The van der Waals surface area contributed by atoms with Crippen LogP contribution in [0.5, 0.6) is 5.75 Å². The van der Waals surface area contributed by atoms with Gasteiger partial charge in [0.15, 0.2) is 14.3 Å². The lowest BCUT2D eigenvalue weighted by molar-refractivity contribution is -0.183. The Morgan fingerprint density at radius 3 is 2.16 bits per heavy atom. The van der Waals surface area contributed by atoms with Crippen LogP contribution in [0.4, 0.5) is 8.78 Å². The Morgan fingerprint density at radius 2 is 1.57 bits per heavy atom. The fourth-order valence-electron chi connectivity index (χ4n) is 5.98. The molecule has 3 aliphatic rings. The summed E-state index contributed by atoms with van der Waals surface area (Å²) in [6.45, 7) is 0.506. The van der Waals surface area contributed by atoms with Gasteiger partial charge in [0.25, 0.3) is 0 Å². The molecule has 3 fully saturated rings. The van der Waals surface area contributed by atoms with E-state index in [1.807, 2.05) is 12.1 Å². The second-order valence-corrected chi connectivity index (χ2v) is 11.9. The number of carbonyl (C=O) groups excluding carboxylic acids is 2. The van der Waals surface area contributed by atoms with E-state index >= 15 is 0 Å². The van der Waals surface area contributed by atoms with Crippen molar-refractivity contribution in [1.29, 1.82) is 0 Å². The number of hydrogen-bond donors (Lipinski definition) is 1. The Bertz CT molecular complexity index is 1450. The number of phenolic OH excluding ortho intramolecular Hbond substituents is 1. The SMILES string of the molecule is CC(F)(F)C(=O)OC1C2CC3C(=O)OC1C3C2.Oc1ccc(-[s+]2c3ccccc3c3ccccc32)cc1. The first-order valence-corrected chi connectivity index (χ1v) is 13.5. The number of esters is 2. The van der Waals surface area contributed by atoms with Crippen molar-refractivity contribution in [3.63, 3.8) is 0 Å². The highest BCUT2D eigenvalue weighted by atomic mass is 32.2. The predicted octanol–water partition coefficient (Wildman–Crippen LogP) is 6.57. The van der Waals surface area contributed by atoms with Gasteiger partial charge in [-0.2, -0.15) is 8.78 Å². The molecule has 5 nitrogen and oxygen atoms in total. The molecule has 5 atom stereocenters. The zero-order valence-corrected chi connectivity index (χ0v) is 20.8. The van der Waals surface area contributed by atoms with E-state index in [2.05, 4.69) is 48.5 Å². The third kappa shape index (κ3) is 4.03. The maximum absolute atomic E-state index is 12.7. The number of rotatable bonds is 3. The van der Waals surface area contributed by atoms with Crippen molar-refractivity contribution in [3.05, 3.63) is 72.8 Å². The maximum Gasteiger partial charge on any atom is 0.377 e. The Kier molecular flexibility index (Phi) is 5.67. The molecule has 0 spiro atoms. The van der Waals surface area contributed by atoms with Crippen molar-refractivity contribution in [3.8, 4) is 10.6 Å². The molecular weight excluding hydrogens is 498 g/mol. The molecule has 2 aliphatic carbocycles. The average Bonchev–Trinajstić information content (AvgIpc) is 3.59. The second kappa shape index (κ2) is 8.80. The number of hydrogen-bond acceptors (Lipinski definition) is 5. The number of ether oxygens (including phenoxy) is 2. The van der Waals surface area contributed by atoms with Crippen LogP contribution in [0, 0.1) is 17.8 Å². The first kappa shape index (κ1) is 23.9. The van der Waals surface area contributed by atoms with Crippen molar-refractivity contribution in [2.75, 3.05) is 0 Å². The minimum absolute atomic E-state index is 0.00671. The van der Waals surface area contributed by atoms with Crippen molar-refractivity contribution in [2.45, 2.75) is 37.9 Å².